The third kappa shape index (κ3) is 5.75. The average Bonchev–Trinajstić information content (AvgIpc) is 2.73. The van der Waals surface area contributed by atoms with Crippen LogP contribution in [0.2, 0.25) is 0 Å². The van der Waals surface area contributed by atoms with E-state index in [0.29, 0.717) is 30.7 Å². The number of benzene rings is 2. The highest BCUT2D eigenvalue weighted by atomic mass is 19.4. The Balaban J connectivity index is 1.61. The third-order valence-corrected chi connectivity index (χ3v) is 5.33. The Kier molecular flexibility index (Phi) is 7.15. The van der Waals surface area contributed by atoms with Crippen LogP contribution in [0.5, 0.6) is 0 Å². The minimum Gasteiger partial charge on any atom is -0.338 e. The first kappa shape index (κ1) is 22.6. The number of halogens is 3. The molecular weight excluding hydrogens is 405 g/mol. The summed E-state index contributed by atoms with van der Waals surface area (Å²) in [6.45, 7) is 0.469. The number of nitrogens with zero attached hydrogens (tertiary/aromatic N) is 2. The summed E-state index contributed by atoms with van der Waals surface area (Å²) in [4.78, 5) is 26.7. The molecule has 2 aromatic rings. The van der Waals surface area contributed by atoms with Gasteiger partial charge in [-0.15, -0.1) is 0 Å². The zero-order chi connectivity index (χ0) is 22.4. The fraction of sp³-hybridized carbons (Fsp3) is 0.333. The molecular formula is C24H25F3N2O2. The molecule has 1 aliphatic heterocycles. The molecule has 0 bridgehead atoms. The number of rotatable bonds is 6. The van der Waals surface area contributed by atoms with Gasteiger partial charge < -0.3 is 9.80 Å². The summed E-state index contributed by atoms with van der Waals surface area (Å²) >= 11 is 0. The van der Waals surface area contributed by atoms with Gasteiger partial charge in [-0.3, -0.25) is 9.59 Å². The molecule has 2 amide bonds. The molecule has 0 aliphatic carbocycles. The van der Waals surface area contributed by atoms with Crippen LogP contribution in [0.4, 0.5) is 18.9 Å². The Hall–Kier alpha value is -3.09. The Morgan fingerprint density at radius 3 is 2.32 bits per heavy atom. The second-order valence-corrected chi connectivity index (χ2v) is 7.61. The molecule has 0 saturated heterocycles. The second-order valence-electron chi connectivity index (χ2n) is 7.61. The van der Waals surface area contributed by atoms with Crippen molar-refractivity contribution in [3.8, 4) is 0 Å². The number of alkyl halides is 3. The minimum atomic E-state index is -4.85. The van der Waals surface area contributed by atoms with Crippen molar-refractivity contribution in [2.75, 3.05) is 18.5 Å². The molecule has 0 radical (unpaired) electrons. The Morgan fingerprint density at radius 2 is 1.58 bits per heavy atom. The quantitative estimate of drug-likeness (QED) is 0.585. The standard InChI is InChI=1S/C24H25F3N2O2/c1-28(23(31)24(25,26)27)16-8-2-3-13-22(30)29-17-20-11-5-4-9-18(20)14-15-19-10-6-7-12-21(19)29/h4-7,9-12,14-15H,2-3,8,13,16-17H2,1H3. The second kappa shape index (κ2) is 9.81. The van der Waals surface area contributed by atoms with Crippen LogP contribution in [0.25, 0.3) is 12.2 Å². The van der Waals surface area contributed by atoms with Crippen molar-refractivity contribution in [2.45, 2.75) is 38.4 Å². The van der Waals surface area contributed by atoms with E-state index in [1.165, 1.54) is 0 Å². The molecule has 31 heavy (non-hydrogen) atoms. The van der Waals surface area contributed by atoms with Gasteiger partial charge in [0.25, 0.3) is 0 Å². The molecule has 0 saturated carbocycles. The highest BCUT2D eigenvalue weighted by molar-refractivity contribution is 5.97. The number of hydrogen-bond acceptors (Lipinski definition) is 2. The predicted molar refractivity (Wildman–Crippen MR) is 115 cm³/mol. The van der Waals surface area contributed by atoms with Crippen molar-refractivity contribution in [3.63, 3.8) is 0 Å². The van der Waals surface area contributed by atoms with E-state index in [-0.39, 0.29) is 18.9 Å². The maximum atomic E-state index is 13.1. The van der Waals surface area contributed by atoms with Crippen LogP contribution in [0.1, 0.15) is 42.4 Å². The third-order valence-electron chi connectivity index (χ3n) is 5.33. The van der Waals surface area contributed by atoms with Gasteiger partial charge in [-0.2, -0.15) is 13.2 Å². The lowest BCUT2D eigenvalue weighted by Gasteiger charge is -2.27. The summed E-state index contributed by atoms with van der Waals surface area (Å²) in [5.41, 5.74) is 3.91. The number of unbranched alkanes of at least 4 members (excludes halogenated alkanes) is 2. The molecule has 0 atom stereocenters. The monoisotopic (exact) mass is 430 g/mol. The lowest BCUT2D eigenvalue weighted by atomic mass is 10.0. The van der Waals surface area contributed by atoms with Gasteiger partial charge >= 0.3 is 12.1 Å². The number of carbonyl (C=O) groups is 2. The Morgan fingerprint density at radius 1 is 0.935 bits per heavy atom. The largest absolute Gasteiger partial charge is 0.471 e. The van der Waals surface area contributed by atoms with Crippen molar-refractivity contribution in [3.05, 3.63) is 65.2 Å². The molecule has 164 valence electrons. The number of para-hydroxylation sites is 1. The first-order chi connectivity index (χ1) is 14.8. The maximum absolute atomic E-state index is 13.1. The predicted octanol–water partition coefficient (Wildman–Crippen LogP) is 5.28. The van der Waals surface area contributed by atoms with E-state index in [0.717, 1.165) is 29.4 Å². The highest BCUT2D eigenvalue weighted by Crippen LogP contribution is 2.29. The average molecular weight is 430 g/mol. The number of hydrogen-bond donors (Lipinski definition) is 0. The van der Waals surface area contributed by atoms with Gasteiger partial charge in [-0.1, -0.05) is 61.0 Å². The van der Waals surface area contributed by atoms with E-state index >= 15 is 0 Å². The van der Waals surface area contributed by atoms with Crippen LogP contribution in [0.15, 0.2) is 48.5 Å². The summed E-state index contributed by atoms with van der Waals surface area (Å²) in [6.07, 6.45) is 1.01. The van der Waals surface area contributed by atoms with E-state index in [1.54, 1.807) is 4.90 Å². The fourth-order valence-corrected chi connectivity index (χ4v) is 3.63. The summed E-state index contributed by atoms with van der Waals surface area (Å²) in [5.74, 6) is -1.87. The van der Waals surface area contributed by atoms with E-state index in [1.807, 2.05) is 54.6 Å². The number of amides is 2. The molecule has 0 unspecified atom stereocenters. The molecule has 1 heterocycles. The summed E-state index contributed by atoms with van der Waals surface area (Å²) in [6, 6.07) is 15.6. The van der Waals surface area contributed by atoms with Crippen molar-refractivity contribution < 1.29 is 22.8 Å². The lowest BCUT2D eigenvalue weighted by molar-refractivity contribution is -0.184. The smallest absolute Gasteiger partial charge is 0.338 e. The van der Waals surface area contributed by atoms with E-state index in [9.17, 15) is 22.8 Å². The van der Waals surface area contributed by atoms with Gasteiger partial charge in [0.05, 0.1) is 12.2 Å². The maximum Gasteiger partial charge on any atom is 0.471 e. The molecule has 4 nitrogen and oxygen atoms in total. The zero-order valence-electron chi connectivity index (χ0n) is 17.4. The zero-order valence-corrected chi connectivity index (χ0v) is 17.4. The van der Waals surface area contributed by atoms with Gasteiger partial charge in [-0.25, -0.2) is 0 Å². The van der Waals surface area contributed by atoms with Crippen LogP contribution in [-0.2, 0) is 16.1 Å². The van der Waals surface area contributed by atoms with Crippen molar-refractivity contribution in [1.82, 2.24) is 4.90 Å². The van der Waals surface area contributed by atoms with Crippen molar-refractivity contribution in [1.29, 1.82) is 0 Å². The first-order valence-electron chi connectivity index (χ1n) is 10.2. The van der Waals surface area contributed by atoms with Gasteiger partial charge in [0.2, 0.25) is 5.91 Å². The van der Waals surface area contributed by atoms with Crippen LogP contribution in [-0.4, -0.2) is 36.5 Å². The topological polar surface area (TPSA) is 40.6 Å². The summed E-state index contributed by atoms with van der Waals surface area (Å²) in [7, 11) is 1.14. The normalized spacial score (nSPS) is 13.1. The van der Waals surface area contributed by atoms with Crippen LogP contribution < -0.4 is 4.90 Å². The molecule has 0 aromatic heterocycles. The lowest BCUT2D eigenvalue weighted by Crippen LogP contribution is -2.38. The molecule has 7 heteroatoms. The molecule has 2 aromatic carbocycles. The van der Waals surface area contributed by atoms with Gasteiger partial charge in [0, 0.05) is 20.0 Å². The number of fused-ring (bicyclic) bond motifs is 2. The molecule has 1 aliphatic rings. The fourth-order valence-electron chi connectivity index (χ4n) is 3.63. The number of anilines is 1. The van der Waals surface area contributed by atoms with Gasteiger partial charge in [0.15, 0.2) is 0 Å². The Bertz CT molecular complexity index is 969. The first-order valence-corrected chi connectivity index (χ1v) is 10.2. The summed E-state index contributed by atoms with van der Waals surface area (Å²) in [5, 5.41) is 0. The van der Waals surface area contributed by atoms with E-state index in [4.69, 9.17) is 0 Å². The highest BCUT2D eigenvalue weighted by Gasteiger charge is 2.40. The number of carbonyl (C=O) groups excluding carboxylic acids is 2. The van der Waals surface area contributed by atoms with Crippen LogP contribution >= 0.6 is 0 Å². The van der Waals surface area contributed by atoms with Crippen molar-refractivity contribution >= 4 is 29.7 Å². The van der Waals surface area contributed by atoms with Crippen LogP contribution in [0, 0.1) is 0 Å². The van der Waals surface area contributed by atoms with Gasteiger partial charge in [-0.05, 0) is 35.6 Å². The molecule has 0 spiro atoms. The minimum absolute atomic E-state index is 0.0112. The summed E-state index contributed by atoms with van der Waals surface area (Å²) < 4.78 is 37.3. The van der Waals surface area contributed by atoms with Crippen LogP contribution in [0.3, 0.4) is 0 Å². The van der Waals surface area contributed by atoms with E-state index < -0.39 is 12.1 Å². The molecule has 0 fully saturated rings. The Labute approximate surface area is 180 Å². The molecule has 3 rings (SSSR count). The van der Waals surface area contributed by atoms with E-state index in [2.05, 4.69) is 6.08 Å². The van der Waals surface area contributed by atoms with Crippen molar-refractivity contribution in [2.24, 2.45) is 0 Å². The molecule has 0 N–H and O–H groups in total. The SMILES string of the molecule is CN(CCCCCC(=O)N1Cc2ccccc2C=Cc2ccccc21)C(=O)C(F)(F)F. The van der Waals surface area contributed by atoms with Gasteiger partial charge in [0.1, 0.15) is 0 Å².